The molecule has 1 unspecified atom stereocenters. The minimum Gasteiger partial charge on any atom is -0.480 e. The molecule has 0 spiro atoms. The third-order valence-corrected chi connectivity index (χ3v) is 3.54. The summed E-state index contributed by atoms with van der Waals surface area (Å²) in [6.45, 7) is -0.703. The van der Waals surface area contributed by atoms with Gasteiger partial charge in [-0.25, -0.2) is 4.79 Å². The van der Waals surface area contributed by atoms with Gasteiger partial charge >= 0.3 is 18.1 Å². The molecule has 0 bridgehead atoms. The van der Waals surface area contributed by atoms with Crippen molar-refractivity contribution < 1.29 is 37.5 Å². The smallest absolute Gasteiger partial charge is 0.471 e. The van der Waals surface area contributed by atoms with Gasteiger partial charge in [0, 0.05) is 12.1 Å². The number of carboxylic acids is 1. The predicted octanol–water partition coefficient (Wildman–Crippen LogP) is 0.835. The van der Waals surface area contributed by atoms with E-state index in [0.717, 1.165) is 0 Å². The topological polar surface area (TPSA) is 125 Å². The lowest BCUT2D eigenvalue weighted by atomic mass is 10.1. The molecule has 1 atom stereocenters. The van der Waals surface area contributed by atoms with Gasteiger partial charge in [0.05, 0.1) is 6.54 Å². The number of amides is 3. The van der Waals surface area contributed by atoms with E-state index >= 15 is 0 Å². The van der Waals surface area contributed by atoms with Gasteiger partial charge in [-0.2, -0.15) is 13.2 Å². The normalized spacial score (nSPS) is 12.0. The number of rotatable bonds is 10. The number of hydrogen-bond donors (Lipinski definition) is 4. The molecular weight excluding hydrogens is 383 g/mol. The first-order chi connectivity index (χ1) is 13.1. The highest BCUT2D eigenvalue weighted by Crippen LogP contribution is 2.14. The number of carboxylic acid groups (broad SMARTS) is 1. The van der Waals surface area contributed by atoms with Crippen molar-refractivity contribution in [2.75, 3.05) is 13.1 Å². The summed E-state index contributed by atoms with van der Waals surface area (Å²) in [5.74, 6) is -4.60. The fourth-order valence-electron chi connectivity index (χ4n) is 2.13. The summed E-state index contributed by atoms with van der Waals surface area (Å²) in [6.07, 6.45) is -4.75. The number of benzene rings is 1. The SMILES string of the molecule is O=C(CNC(=O)c1ccccc1)NC(CCCCNC(=O)C(F)(F)F)C(=O)O. The van der Waals surface area contributed by atoms with E-state index in [0.29, 0.717) is 5.56 Å². The minimum atomic E-state index is -4.97. The maximum Gasteiger partial charge on any atom is 0.471 e. The van der Waals surface area contributed by atoms with Crippen molar-refractivity contribution in [2.45, 2.75) is 31.5 Å². The van der Waals surface area contributed by atoms with Crippen molar-refractivity contribution in [1.29, 1.82) is 0 Å². The summed E-state index contributed by atoms with van der Waals surface area (Å²) in [5.41, 5.74) is 0.339. The van der Waals surface area contributed by atoms with Crippen molar-refractivity contribution in [3.05, 3.63) is 35.9 Å². The number of hydrogen-bond acceptors (Lipinski definition) is 4. The standard InChI is InChI=1S/C17H20F3N3O5/c18-17(19,20)16(28)21-9-5-4-8-12(15(26)27)23-13(24)10-22-14(25)11-6-2-1-3-7-11/h1-3,6-7,12H,4-5,8-10H2,(H,21,28)(H,22,25)(H,23,24)(H,26,27). The maximum atomic E-state index is 12.0. The van der Waals surface area contributed by atoms with E-state index in [1.807, 2.05) is 0 Å². The third kappa shape index (κ3) is 8.52. The molecule has 0 radical (unpaired) electrons. The molecule has 0 saturated carbocycles. The molecule has 1 aromatic carbocycles. The van der Waals surface area contributed by atoms with Crippen LogP contribution in [0.5, 0.6) is 0 Å². The van der Waals surface area contributed by atoms with Gasteiger partial charge in [-0.3, -0.25) is 14.4 Å². The molecule has 28 heavy (non-hydrogen) atoms. The number of carbonyl (C=O) groups excluding carboxylic acids is 3. The Bertz CT molecular complexity index is 695. The Labute approximate surface area is 158 Å². The summed E-state index contributed by atoms with van der Waals surface area (Å²) < 4.78 is 36.0. The van der Waals surface area contributed by atoms with E-state index in [9.17, 15) is 32.3 Å². The van der Waals surface area contributed by atoms with Crippen LogP contribution in [0.25, 0.3) is 0 Å². The van der Waals surface area contributed by atoms with E-state index in [-0.39, 0.29) is 25.8 Å². The number of unbranched alkanes of at least 4 members (excludes halogenated alkanes) is 1. The number of aliphatic carboxylic acids is 1. The van der Waals surface area contributed by atoms with Gasteiger partial charge < -0.3 is 21.1 Å². The number of carbonyl (C=O) groups is 4. The molecule has 1 aromatic rings. The number of nitrogens with one attached hydrogen (secondary N) is 3. The Morgan fingerprint density at radius 3 is 2.21 bits per heavy atom. The van der Waals surface area contributed by atoms with Crippen LogP contribution in [0.1, 0.15) is 29.6 Å². The molecule has 0 heterocycles. The summed E-state index contributed by atoms with van der Waals surface area (Å²) in [4.78, 5) is 45.4. The highest BCUT2D eigenvalue weighted by molar-refractivity contribution is 5.96. The second-order valence-corrected chi connectivity index (χ2v) is 5.76. The quantitative estimate of drug-likeness (QED) is 0.431. The molecule has 0 fully saturated rings. The van der Waals surface area contributed by atoms with Crippen LogP contribution >= 0.6 is 0 Å². The zero-order valence-electron chi connectivity index (χ0n) is 14.7. The molecule has 3 amide bonds. The van der Waals surface area contributed by atoms with E-state index in [1.54, 1.807) is 35.6 Å². The van der Waals surface area contributed by atoms with Gasteiger partial charge in [-0.1, -0.05) is 18.2 Å². The van der Waals surface area contributed by atoms with Crippen LogP contribution in [0.3, 0.4) is 0 Å². The molecule has 0 saturated heterocycles. The maximum absolute atomic E-state index is 12.0. The Kier molecular flexibility index (Phi) is 8.93. The van der Waals surface area contributed by atoms with Crippen LogP contribution in [0.2, 0.25) is 0 Å². The van der Waals surface area contributed by atoms with Gasteiger partial charge in [0.2, 0.25) is 5.91 Å². The Morgan fingerprint density at radius 1 is 1.00 bits per heavy atom. The van der Waals surface area contributed by atoms with Gasteiger partial charge in [0.25, 0.3) is 5.91 Å². The lowest BCUT2D eigenvalue weighted by molar-refractivity contribution is -0.173. The fourth-order valence-corrected chi connectivity index (χ4v) is 2.13. The fraction of sp³-hybridized carbons (Fsp3) is 0.412. The van der Waals surface area contributed by atoms with Crippen LogP contribution in [-0.4, -0.2) is 54.1 Å². The molecule has 8 nitrogen and oxygen atoms in total. The molecule has 1 rings (SSSR count). The Hall–Kier alpha value is -3.11. The Balaban J connectivity index is 2.33. The first-order valence-corrected chi connectivity index (χ1v) is 8.31. The highest BCUT2D eigenvalue weighted by atomic mass is 19.4. The second kappa shape index (κ2) is 10.9. The lowest BCUT2D eigenvalue weighted by Crippen LogP contribution is -2.45. The summed E-state index contributed by atoms with van der Waals surface area (Å²) in [7, 11) is 0. The zero-order chi connectivity index (χ0) is 21.2. The average molecular weight is 403 g/mol. The van der Waals surface area contributed by atoms with Crippen LogP contribution in [-0.2, 0) is 14.4 Å². The molecular formula is C17H20F3N3O5. The summed E-state index contributed by atoms with van der Waals surface area (Å²) in [5, 5.41) is 15.4. The number of halogens is 3. The van der Waals surface area contributed by atoms with Gasteiger partial charge in [0.15, 0.2) is 0 Å². The predicted molar refractivity (Wildman–Crippen MR) is 91.3 cm³/mol. The van der Waals surface area contributed by atoms with Gasteiger partial charge in [0.1, 0.15) is 6.04 Å². The Morgan fingerprint density at radius 2 is 1.64 bits per heavy atom. The minimum absolute atomic E-state index is 0.0460. The monoisotopic (exact) mass is 403 g/mol. The van der Waals surface area contributed by atoms with E-state index in [2.05, 4.69) is 10.6 Å². The number of alkyl halides is 3. The van der Waals surface area contributed by atoms with Crippen LogP contribution in [0, 0.1) is 0 Å². The first kappa shape index (κ1) is 22.9. The summed E-state index contributed by atoms with van der Waals surface area (Å²) >= 11 is 0. The van der Waals surface area contributed by atoms with Crippen LogP contribution in [0.4, 0.5) is 13.2 Å². The van der Waals surface area contributed by atoms with Crippen LogP contribution in [0.15, 0.2) is 30.3 Å². The second-order valence-electron chi connectivity index (χ2n) is 5.76. The molecule has 0 aliphatic rings. The highest BCUT2D eigenvalue weighted by Gasteiger charge is 2.38. The van der Waals surface area contributed by atoms with E-state index in [1.165, 1.54) is 0 Å². The molecule has 0 aliphatic carbocycles. The molecule has 0 aromatic heterocycles. The van der Waals surface area contributed by atoms with Crippen molar-refractivity contribution >= 4 is 23.7 Å². The lowest BCUT2D eigenvalue weighted by Gasteiger charge is -2.15. The third-order valence-electron chi connectivity index (χ3n) is 3.54. The average Bonchev–Trinajstić information content (AvgIpc) is 2.64. The first-order valence-electron chi connectivity index (χ1n) is 8.31. The molecule has 0 aliphatic heterocycles. The van der Waals surface area contributed by atoms with Crippen molar-refractivity contribution in [3.8, 4) is 0 Å². The zero-order valence-corrected chi connectivity index (χ0v) is 14.7. The van der Waals surface area contributed by atoms with Crippen molar-refractivity contribution in [1.82, 2.24) is 16.0 Å². The summed E-state index contributed by atoms with van der Waals surface area (Å²) in [6, 6.07) is 6.84. The van der Waals surface area contributed by atoms with Gasteiger partial charge in [-0.15, -0.1) is 0 Å². The van der Waals surface area contributed by atoms with Crippen molar-refractivity contribution in [3.63, 3.8) is 0 Å². The largest absolute Gasteiger partial charge is 0.480 e. The molecule has 4 N–H and O–H groups in total. The molecule has 154 valence electrons. The van der Waals surface area contributed by atoms with E-state index < -0.39 is 42.5 Å². The molecule has 11 heteroatoms. The van der Waals surface area contributed by atoms with Crippen LogP contribution < -0.4 is 16.0 Å². The van der Waals surface area contributed by atoms with E-state index in [4.69, 9.17) is 5.11 Å². The van der Waals surface area contributed by atoms with Gasteiger partial charge in [-0.05, 0) is 31.4 Å². The van der Waals surface area contributed by atoms with Crippen molar-refractivity contribution in [2.24, 2.45) is 0 Å².